The van der Waals surface area contributed by atoms with Gasteiger partial charge >= 0.3 is 0 Å². The number of anilines is 1. The van der Waals surface area contributed by atoms with Crippen molar-refractivity contribution >= 4 is 39.1 Å². The molecule has 2 rings (SSSR count). The molecular weight excluding hydrogens is 316 g/mol. The van der Waals surface area contributed by atoms with E-state index in [1.54, 1.807) is 30.3 Å². The Bertz CT molecular complexity index is 563. The summed E-state index contributed by atoms with van der Waals surface area (Å²) in [6.45, 7) is 2.74. The Morgan fingerprint density at radius 1 is 1.39 bits per heavy atom. The average Bonchev–Trinajstić information content (AvgIpc) is 2.73. The molecule has 94 valence electrons. The van der Waals surface area contributed by atoms with Crippen LogP contribution in [-0.2, 0) is 6.54 Å². The zero-order valence-corrected chi connectivity index (χ0v) is 12.1. The Morgan fingerprint density at radius 3 is 2.67 bits per heavy atom. The predicted octanol–water partition coefficient (Wildman–Crippen LogP) is 4.18. The zero-order valence-electron chi connectivity index (χ0n) is 9.78. The number of benzene rings is 1. The summed E-state index contributed by atoms with van der Waals surface area (Å²) in [4.78, 5) is 12.1. The van der Waals surface area contributed by atoms with Crippen molar-refractivity contribution in [1.29, 1.82) is 0 Å². The van der Waals surface area contributed by atoms with Crippen LogP contribution >= 0.6 is 27.5 Å². The Labute approximate surface area is 119 Å². The predicted molar refractivity (Wildman–Crippen MR) is 77.2 cm³/mol. The van der Waals surface area contributed by atoms with Gasteiger partial charge in [-0.25, -0.2) is 0 Å². The molecule has 3 nitrogen and oxygen atoms in total. The van der Waals surface area contributed by atoms with Crippen LogP contribution in [0.1, 0.15) is 17.4 Å². The summed E-state index contributed by atoms with van der Waals surface area (Å²) in [5.74, 6) is -0.134. The smallest absolute Gasteiger partial charge is 0.272 e. The van der Waals surface area contributed by atoms with Crippen LogP contribution in [-0.4, -0.2) is 10.5 Å². The minimum atomic E-state index is -0.134. The van der Waals surface area contributed by atoms with Crippen molar-refractivity contribution in [3.63, 3.8) is 0 Å². The van der Waals surface area contributed by atoms with E-state index in [9.17, 15) is 4.79 Å². The Hall–Kier alpha value is -1.26. The van der Waals surface area contributed by atoms with Gasteiger partial charge in [-0.15, -0.1) is 0 Å². The van der Waals surface area contributed by atoms with Crippen molar-refractivity contribution < 1.29 is 4.79 Å². The number of hydrogen-bond acceptors (Lipinski definition) is 1. The number of nitrogens with one attached hydrogen (secondary N) is 1. The van der Waals surface area contributed by atoms with E-state index < -0.39 is 0 Å². The van der Waals surface area contributed by atoms with E-state index in [0.29, 0.717) is 10.7 Å². The van der Waals surface area contributed by atoms with Crippen molar-refractivity contribution in [2.45, 2.75) is 13.5 Å². The van der Waals surface area contributed by atoms with Crippen LogP contribution in [0.15, 0.2) is 41.0 Å². The lowest BCUT2D eigenvalue weighted by atomic mass is 10.3. The van der Waals surface area contributed by atoms with Gasteiger partial charge in [-0.2, -0.15) is 0 Å². The topological polar surface area (TPSA) is 34.0 Å². The van der Waals surface area contributed by atoms with Gasteiger partial charge in [0.05, 0.1) is 0 Å². The third kappa shape index (κ3) is 2.94. The fourth-order valence-corrected chi connectivity index (χ4v) is 2.25. The molecule has 1 N–H and O–H groups in total. The monoisotopic (exact) mass is 326 g/mol. The highest BCUT2D eigenvalue weighted by atomic mass is 79.9. The maximum Gasteiger partial charge on any atom is 0.272 e. The lowest BCUT2D eigenvalue weighted by Crippen LogP contribution is -2.16. The summed E-state index contributed by atoms with van der Waals surface area (Å²) in [6, 6.07) is 8.83. The molecule has 0 aliphatic carbocycles. The molecule has 0 saturated carbocycles. The van der Waals surface area contributed by atoms with Gasteiger partial charge in [0.2, 0.25) is 0 Å². The molecule has 1 aromatic carbocycles. The molecule has 0 aliphatic rings. The van der Waals surface area contributed by atoms with E-state index >= 15 is 0 Å². The first-order chi connectivity index (χ1) is 8.60. The van der Waals surface area contributed by atoms with Gasteiger partial charge in [0.15, 0.2) is 0 Å². The number of carbonyl (C=O) groups is 1. The van der Waals surface area contributed by atoms with Gasteiger partial charge in [-0.05, 0) is 53.2 Å². The van der Waals surface area contributed by atoms with Crippen molar-refractivity contribution in [3.8, 4) is 0 Å². The first kappa shape index (κ1) is 13.2. The molecule has 0 radical (unpaired) electrons. The van der Waals surface area contributed by atoms with Crippen LogP contribution in [0.25, 0.3) is 0 Å². The number of amides is 1. The minimum Gasteiger partial charge on any atom is -0.343 e. The molecule has 5 heteroatoms. The van der Waals surface area contributed by atoms with Crippen molar-refractivity contribution in [2.24, 2.45) is 0 Å². The molecular formula is C13H12BrClN2O. The second kappa shape index (κ2) is 5.59. The number of nitrogens with zero attached hydrogens (tertiary/aromatic N) is 1. The number of carbonyl (C=O) groups excluding carboxylic acids is 1. The van der Waals surface area contributed by atoms with Crippen LogP contribution in [0, 0.1) is 0 Å². The molecule has 0 unspecified atom stereocenters. The van der Waals surface area contributed by atoms with E-state index in [0.717, 1.165) is 16.7 Å². The highest BCUT2D eigenvalue weighted by molar-refractivity contribution is 9.10. The first-order valence-corrected chi connectivity index (χ1v) is 6.70. The van der Waals surface area contributed by atoms with Crippen LogP contribution in [0.2, 0.25) is 5.02 Å². The number of hydrogen-bond donors (Lipinski definition) is 1. The van der Waals surface area contributed by atoms with Crippen LogP contribution in [0.4, 0.5) is 5.69 Å². The van der Waals surface area contributed by atoms with E-state index in [1.165, 1.54) is 0 Å². The minimum absolute atomic E-state index is 0.134. The summed E-state index contributed by atoms with van der Waals surface area (Å²) >= 11 is 9.16. The van der Waals surface area contributed by atoms with Crippen molar-refractivity contribution in [2.75, 3.05) is 5.32 Å². The van der Waals surface area contributed by atoms with E-state index in [-0.39, 0.29) is 5.91 Å². The third-order valence-electron chi connectivity index (χ3n) is 2.54. The number of aromatic nitrogens is 1. The largest absolute Gasteiger partial charge is 0.343 e. The number of aryl methyl sites for hydroxylation is 1. The quantitative estimate of drug-likeness (QED) is 0.901. The Morgan fingerprint density at radius 2 is 2.06 bits per heavy atom. The lowest BCUT2D eigenvalue weighted by molar-refractivity contribution is 0.101. The molecule has 0 aliphatic heterocycles. The molecule has 1 heterocycles. The highest BCUT2D eigenvalue weighted by Gasteiger charge is 2.12. The van der Waals surface area contributed by atoms with Gasteiger partial charge < -0.3 is 9.88 Å². The van der Waals surface area contributed by atoms with Crippen LogP contribution < -0.4 is 5.32 Å². The summed E-state index contributed by atoms with van der Waals surface area (Å²) < 4.78 is 2.78. The maximum absolute atomic E-state index is 12.1. The van der Waals surface area contributed by atoms with Crippen molar-refractivity contribution in [3.05, 3.63) is 51.7 Å². The molecule has 1 aromatic heterocycles. The van der Waals surface area contributed by atoms with Gasteiger partial charge in [-0.3, -0.25) is 4.79 Å². The Kier molecular flexibility index (Phi) is 4.09. The normalized spacial score (nSPS) is 10.4. The fraction of sp³-hybridized carbons (Fsp3) is 0.154. The van der Waals surface area contributed by atoms with Crippen LogP contribution in [0.5, 0.6) is 0 Å². The van der Waals surface area contributed by atoms with Gasteiger partial charge in [0, 0.05) is 27.9 Å². The summed E-state index contributed by atoms with van der Waals surface area (Å²) in [7, 11) is 0. The molecule has 0 fully saturated rings. The molecule has 2 aromatic rings. The SMILES string of the molecule is CCn1cc(Br)cc1C(=O)Nc1ccc(Cl)cc1. The molecule has 0 atom stereocenters. The third-order valence-corrected chi connectivity index (χ3v) is 3.22. The average molecular weight is 328 g/mol. The lowest BCUT2D eigenvalue weighted by Gasteiger charge is -2.07. The standard InChI is InChI=1S/C13H12BrClN2O/c1-2-17-8-9(14)7-12(17)13(18)16-11-5-3-10(15)4-6-11/h3-8H,2H2,1H3,(H,16,18). The molecule has 0 bridgehead atoms. The fourth-order valence-electron chi connectivity index (χ4n) is 1.66. The number of halogens is 2. The molecule has 1 amide bonds. The number of rotatable bonds is 3. The first-order valence-electron chi connectivity index (χ1n) is 5.52. The maximum atomic E-state index is 12.1. The van der Waals surface area contributed by atoms with E-state index in [4.69, 9.17) is 11.6 Å². The van der Waals surface area contributed by atoms with Crippen LogP contribution in [0.3, 0.4) is 0 Å². The second-order valence-corrected chi connectivity index (χ2v) is 5.14. The molecule has 0 saturated heterocycles. The zero-order chi connectivity index (χ0) is 13.1. The van der Waals surface area contributed by atoms with Crippen molar-refractivity contribution in [1.82, 2.24) is 4.57 Å². The van der Waals surface area contributed by atoms with Gasteiger partial charge in [0.1, 0.15) is 5.69 Å². The van der Waals surface area contributed by atoms with E-state index in [2.05, 4.69) is 21.2 Å². The van der Waals surface area contributed by atoms with Gasteiger partial charge in [-0.1, -0.05) is 11.6 Å². The molecule has 0 spiro atoms. The summed E-state index contributed by atoms with van der Waals surface area (Å²) in [6.07, 6.45) is 1.89. The molecule has 18 heavy (non-hydrogen) atoms. The summed E-state index contributed by atoms with van der Waals surface area (Å²) in [5, 5.41) is 3.48. The van der Waals surface area contributed by atoms with Gasteiger partial charge in [0.25, 0.3) is 5.91 Å². The highest BCUT2D eigenvalue weighted by Crippen LogP contribution is 2.18. The second-order valence-electron chi connectivity index (χ2n) is 3.79. The van der Waals surface area contributed by atoms with E-state index in [1.807, 2.05) is 17.7 Å². The summed E-state index contributed by atoms with van der Waals surface area (Å²) in [5.41, 5.74) is 1.35. The Balaban J connectivity index is 2.19.